The maximum absolute atomic E-state index is 9.88. The summed E-state index contributed by atoms with van der Waals surface area (Å²) < 4.78 is 5.20. The van der Waals surface area contributed by atoms with Crippen molar-refractivity contribution >= 4 is 10.9 Å². The van der Waals surface area contributed by atoms with Crippen molar-refractivity contribution in [3.8, 4) is 5.75 Å². The molecule has 0 amide bonds. The van der Waals surface area contributed by atoms with Crippen molar-refractivity contribution in [1.29, 1.82) is 0 Å². The van der Waals surface area contributed by atoms with E-state index < -0.39 is 0 Å². The normalized spacial score (nSPS) is 12.5. The first-order valence-electron chi connectivity index (χ1n) is 8.00. The summed E-state index contributed by atoms with van der Waals surface area (Å²) in [6, 6.07) is 18.0. The lowest BCUT2D eigenvalue weighted by Crippen LogP contribution is -2.27. The number of ether oxygens (including phenoxy) is 1. The molecule has 0 aliphatic heterocycles. The number of hydrogen-bond acceptors (Lipinski definition) is 4. The SMILES string of the molecule is COc1ccc(C(CO)N(C)Cc2cccc3cccnc23)cc1. The number of pyridine rings is 1. The summed E-state index contributed by atoms with van der Waals surface area (Å²) >= 11 is 0. The minimum Gasteiger partial charge on any atom is -0.497 e. The minimum atomic E-state index is -0.0742. The molecule has 4 heteroatoms. The highest BCUT2D eigenvalue weighted by Gasteiger charge is 2.17. The Morgan fingerprint density at radius 1 is 1.08 bits per heavy atom. The highest BCUT2D eigenvalue weighted by Crippen LogP contribution is 2.25. The zero-order valence-electron chi connectivity index (χ0n) is 14.0. The number of fused-ring (bicyclic) bond motifs is 1. The summed E-state index contributed by atoms with van der Waals surface area (Å²) in [5, 5.41) is 11.0. The van der Waals surface area contributed by atoms with Crippen molar-refractivity contribution in [1.82, 2.24) is 9.88 Å². The lowest BCUT2D eigenvalue weighted by molar-refractivity contribution is 0.143. The number of rotatable bonds is 6. The molecule has 0 radical (unpaired) electrons. The van der Waals surface area contributed by atoms with Crippen LogP contribution in [-0.4, -0.2) is 35.8 Å². The molecule has 24 heavy (non-hydrogen) atoms. The maximum Gasteiger partial charge on any atom is 0.118 e. The van der Waals surface area contributed by atoms with E-state index in [0.717, 1.165) is 27.8 Å². The molecule has 0 aliphatic carbocycles. The molecule has 2 aromatic carbocycles. The van der Waals surface area contributed by atoms with Crippen molar-refractivity contribution in [2.24, 2.45) is 0 Å². The topological polar surface area (TPSA) is 45.6 Å². The second-order valence-electron chi connectivity index (χ2n) is 5.88. The zero-order valence-corrected chi connectivity index (χ0v) is 14.0. The molecule has 0 bridgehead atoms. The third-order valence-corrected chi connectivity index (χ3v) is 4.34. The largest absolute Gasteiger partial charge is 0.497 e. The molecular weight excluding hydrogens is 300 g/mol. The van der Waals surface area contributed by atoms with Gasteiger partial charge < -0.3 is 9.84 Å². The molecule has 3 aromatic rings. The Balaban J connectivity index is 1.84. The number of aliphatic hydroxyl groups is 1. The van der Waals surface area contributed by atoms with Gasteiger partial charge in [-0.15, -0.1) is 0 Å². The van der Waals surface area contributed by atoms with E-state index in [1.165, 1.54) is 0 Å². The number of methoxy groups -OCH3 is 1. The van der Waals surface area contributed by atoms with Gasteiger partial charge in [0.2, 0.25) is 0 Å². The van der Waals surface area contributed by atoms with Crippen molar-refractivity contribution in [3.63, 3.8) is 0 Å². The number of benzene rings is 2. The van der Waals surface area contributed by atoms with Gasteiger partial charge in [-0.1, -0.05) is 36.4 Å². The first-order chi connectivity index (χ1) is 11.7. The van der Waals surface area contributed by atoms with E-state index in [4.69, 9.17) is 4.74 Å². The molecule has 1 heterocycles. The fourth-order valence-corrected chi connectivity index (χ4v) is 3.00. The summed E-state index contributed by atoms with van der Waals surface area (Å²) in [6.45, 7) is 0.770. The minimum absolute atomic E-state index is 0.0566. The van der Waals surface area contributed by atoms with Crippen LogP contribution in [0.15, 0.2) is 60.8 Å². The Morgan fingerprint density at radius 2 is 1.83 bits per heavy atom. The van der Waals surface area contributed by atoms with Crippen LogP contribution in [0.5, 0.6) is 5.75 Å². The van der Waals surface area contributed by atoms with E-state index in [9.17, 15) is 5.11 Å². The summed E-state index contributed by atoms with van der Waals surface area (Å²) in [5.74, 6) is 0.816. The Morgan fingerprint density at radius 3 is 2.54 bits per heavy atom. The van der Waals surface area contributed by atoms with Gasteiger partial charge in [-0.05, 0) is 36.4 Å². The Bertz CT molecular complexity index is 797. The van der Waals surface area contributed by atoms with Gasteiger partial charge in [0.05, 0.1) is 25.3 Å². The number of nitrogens with zero attached hydrogens (tertiary/aromatic N) is 2. The molecule has 0 spiro atoms. The summed E-state index contributed by atoms with van der Waals surface area (Å²) in [7, 11) is 3.67. The van der Waals surface area contributed by atoms with Crippen LogP contribution in [0.4, 0.5) is 0 Å². The van der Waals surface area contributed by atoms with Gasteiger partial charge in [0.15, 0.2) is 0 Å². The Hall–Kier alpha value is -2.43. The van der Waals surface area contributed by atoms with Crippen molar-refractivity contribution in [3.05, 3.63) is 71.9 Å². The summed E-state index contributed by atoms with van der Waals surface area (Å²) in [6.07, 6.45) is 1.82. The van der Waals surface area contributed by atoms with Crippen LogP contribution in [0.2, 0.25) is 0 Å². The van der Waals surface area contributed by atoms with Gasteiger partial charge >= 0.3 is 0 Å². The van der Waals surface area contributed by atoms with Crippen LogP contribution in [0.1, 0.15) is 17.2 Å². The molecule has 1 unspecified atom stereocenters. The Kier molecular flexibility index (Phi) is 5.08. The van der Waals surface area contributed by atoms with Gasteiger partial charge in [0, 0.05) is 18.1 Å². The van der Waals surface area contributed by atoms with E-state index in [-0.39, 0.29) is 12.6 Å². The third kappa shape index (κ3) is 3.40. The molecule has 0 saturated carbocycles. The van der Waals surface area contributed by atoms with Gasteiger partial charge in [-0.25, -0.2) is 0 Å². The number of aliphatic hydroxyl groups excluding tert-OH is 1. The molecule has 4 nitrogen and oxygen atoms in total. The summed E-state index contributed by atoms with van der Waals surface area (Å²) in [4.78, 5) is 6.65. The maximum atomic E-state index is 9.88. The van der Waals surface area contributed by atoms with Crippen LogP contribution < -0.4 is 4.74 Å². The lowest BCUT2D eigenvalue weighted by atomic mass is 10.0. The predicted molar refractivity (Wildman–Crippen MR) is 96.0 cm³/mol. The van der Waals surface area contributed by atoms with E-state index >= 15 is 0 Å². The van der Waals surface area contributed by atoms with Crippen LogP contribution in [0.3, 0.4) is 0 Å². The number of para-hydroxylation sites is 1. The van der Waals surface area contributed by atoms with Gasteiger partial charge in [-0.3, -0.25) is 9.88 Å². The average molecular weight is 322 g/mol. The smallest absolute Gasteiger partial charge is 0.118 e. The fourth-order valence-electron chi connectivity index (χ4n) is 3.00. The highest BCUT2D eigenvalue weighted by atomic mass is 16.5. The average Bonchev–Trinajstić information content (AvgIpc) is 2.63. The monoisotopic (exact) mass is 322 g/mol. The van der Waals surface area contributed by atoms with Crippen LogP contribution in [0.25, 0.3) is 10.9 Å². The van der Waals surface area contributed by atoms with E-state index in [2.05, 4.69) is 34.1 Å². The molecule has 0 aliphatic rings. The molecule has 3 rings (SSSR count). The second kappa shape index (κ2) is 7.43. The second-order valence-corrected chi connectivity index (χ2v) is 5.88. The van der Waals surface area contributed by atoms with Gasteiger partial charge in [-0.2, -0.15) is 0 Å². The molecule has 1 aromatic heterocycles. The van der Waals surface area contributed by atoms with Gasteiger partial charge in [0.1, 0.15) is 5.75 Å². The fraction of sp³-hybridized carbons (Fsp3) is 0.250. The third-order valence-electron chi connectivity index (χ3n) is 4.34. The predicted octanol–water partition coefficient (Wildman–Crippen LogP) is 3.41. The van der Waals surface area contributed by atoms with Crippen molar-refractivity contribution < 1.29 is 9.84 Å². The van der Waals surface area contributed by atoms with E-state index in [0.29, 0.717) is 6.54 Å². The molecule has 0 fully saturated rings. The van der Waals surface area contributed by atoms with Crippen molar-refractivity contribution in [2.45, 2.75) is 12.6 Å². The zero-order chi connectivity index (χ0) is 16.9. The number of hydrogen-bond donors (Lipinski definition) is 1. The van der Waals surface area contributed by atoms with E-state index in [1.807, 2.05) is 43.6 Å². The van der Waals surface area contributed by atoms with Crippen LogP contribution in [-0.2, 0) is 6.54 Å². The number of aromatic nitrogens is 1. The van der Waals surface area contributed by atoms with Crippen LogP contribution in [0, 0.1) is 0 Å². The molecular formula is C20H22N2O2. The molecule has 0 saturated heterocycles. The molecule has 124 valence electrons. The Labute approximate surface area is 142 Å². The highest BCUT2D eigenvalue weighted by molar-refractivity contribution is 5.81. The van der Waals surface area contributed by atoms with Crippen LogP contribution >= 0.6 is 0 Å². The summed E-state index contributed by atoms with van der Waals surface area (Å²) in [5.41, 5.74) is 3.23. The molecule has 1 N–H and O–H groups in total. The standard InChI is InChI=1S/C20H22N2O2/c1-22(19(14-23)15-8-10-18(24-2)11-9-15)13-17-6-3-5-16-7-4-12-21-20(16)17/h3-12,19,23H,13-14H2,1-2H3. The van der Waals surface area contributed by atoms with Crippen molar-refractivity contribution in [2.75, 3.05) is 20.8 Å². The first-order valence-corrected chi connectivity index (χ1v) is 8.00. The lowest BCUT2D eigenvalue weighted by Gasteiger charge is -2.27. The van der Waals surface area contributed by atoms with E-state index in [1.54, 1.807) is 7.11 Å². The molecule has 1 atom stereocenters. The quantitative estimate of drug-likeness (QED) is 0.755. The first kappa shape index (κ1) is 16.4. The van der Waals surface area contributed by atoms with Gasteiger partial charge in [0.25, 0.3) is 0 Å². The number of likely N-dealkylation sites (N-methyl/N-ethyl adjacent to an activating group) is 1.